The standard InChI is InChI=1S/C11H12ClNOS/c1-6-9(12)11(15-2)7-4-3-5-8(14)10(7)13-6/h3-5H2,1-2H3. The number of aromatic nitrogens is 1. The van der Waals surface area contributed by atoms with E-state index in [4.69, 9.17) is 11.6 Å². The van der Waals surface area contributed by atoms with Crippen molar-refractivity contribution in [2.45, 2.75) is 31.1 Å². The van der Waals surface area contributed by atoms with Gasteiger partial charge in [0.25, 0.3) is 0 Å². The summed E-state index contributed by atoms with van der Waals surface area (Å²) in [5.41, 5.74) is 2.46. The van der Waals surface area contributed by atoms with Gasteiger partial charge in [-0.05, 0) is 31.6 Å². The van der Waals surface area contributed by atoms with Gasteiger partial charge in [-0.25, -0.2) is 4.98 Å². The van der Waals surface area contributed by atoms with Gasteiger partial charge in [0.2, 0.25) is 0 Å². The molecule has 80 valence electrons. The largest absolute Gasteiger partial charge is 0.292 e. The highest BCUT2D eigenvalue weighted by Gasteiger charge is 2.24. The van der Waals surface area contributed by atoms with Crippen molar-refractivity contribution in [3.8, 4) is 0 Å². The van der Waals surface area contributed by atoms with Crippen molar-refractivity contribution in [2.75, 3.05) is 6.26 Å². The van der Waals surface area contributed by atoms with Crippen LogP contribution in [-0.2, 0) is 6.42 Å². The fourth-order valence-corrected chi connectivity index (χ4v) is 3.07. The number of ketones is 1. The minimum atomic E-state index is 0.159. The Hall–Kier alpha value is -0.540. The van der Waals surface area contributed by atoms with Crippen molar-refractivity contribution < 1.29 is 4.79 Å². The van der Waals surface area contributed by atoms with Crippen molar-refractivity contribution in [3.05, 3.63) is 22.0 Å². The van der Waals surface area contributed by atoms with Crippen LogP contribution in [0.3, 0.4) is 0 Å². The van der Waals surface area contributed by atoms with Gasteiger partial charge in [-0.3, -0.25) is 4.79 Å². The van der Waals surface area contributed by atoms with E-state index in [0.29, 0.717) is 17.1 Å². The summed E-state index contributed by atoms with van der Waals surface area (Å²) in [5.74, 6) is 0.159. The predicted molar refractivity (Wildman–Crippen MR) is 63.0 cm³/mol. The molecule has 0 N–H and O–H groups in total. The average Bonchev–Trinajstić information content (AvgIpc) is 2.22. The van der Waals surface area contributed by atoms with Gasteiger partial charge in [0.15, 0.2) is 5.78 Å². The molecule has 0 aliphatic heterocycles. The molecule has 15 heavy (non-hydrogen) atoms. The topological polar surface area (TPSA) is 30.0 Å². The molecule has 0 saturated carbocycles. The lowest BCUT2D eigenvalue weighted by Gasteiger charge is -2.18. The molecule has 0 fully saturated rings. The van der Waals surface area contributed by atoms with E-state index in [1.54, 1.807) is 11.8 Å². The fraction of sp³-hybridized carbons (Fsp3) is 0.455. The average molecular weight is 242 g/mol. The zero-order chi connectivity index (χ0) is 11.0. The van der Waals surface area contributed by atoms with Gasteiger partial charge in [0.1, 0.15) is 5.69 Å². The van der Waals surface area contributed by atoms with Gasteiger partial charge < -0.3 is 0 Å². The Morgan fingerprint density at radius 3 is 2.80 bits per heavy atom. The lowest BCUT2D eigenvalue weighted by Crippen LogP contribution is -2.15. The van der Waals surface area contributed by atoms with E-state index in [2.05, 4.69) is 4.98 Å². The van der Waals surface area contributed by atoms with E-state index >= 15 is 0 Å². The number of halogens is 1. The van der Waals surface area contributed by atoms with Crippen molar-refractivity contribution >= 4 is 29.1 Å². The number of rotatable bonds is 1. The molecule has 0 amide bonds. The fourth-order valence-electron chi connectivity index (χ4n) is 1.91. The van der Waals surface area contributed by atoms with Crippen LogP contribution in [0.15, 0.2) is 4.90 Å². The highest BCUT2D eigenvalue weighted by atomic mass is 35.5. The molecule has 1 aromatic heterocycles. The first-order chi connectivity index (χ1) is 7.15. The highest BCUT2D eigenvalue weighted by molar-refractivity contribution is 7.98. The normalized spacial score (nSPS) is 15.3. The van der Waals surface area contributed by atoms with E-state index in [-0.39, 0.29) is 5.78 Å². The van der Waals surface area contributed by atoms with Crippen LogP contribution < -0.4 is 0 Å². The second kappa shape index (κ2) is 4.14. The maximum atomic E-state index is 11.7. The molecule has 1 heterocycles. The highest BCUT2D eigenvalue weighted by Crippen LogP contribution is 2.35. The Morgan fingerprint density at radius 1 is 1.40 bits per heavy atom. The lowest BCUT2D eigenvalue weighted by molar-refractivity contribution is 0.0966. The number of fused-ring (bicyclic) bond motifs is 1. The Kier molecular flexibility index (Phi) is 3.03. The third-order valence-corrected chi connectivity index (χ3v) is 4.09. The predicted octanol–water partition coefficient (Wildman–Crippen LogP) is 3.28. The first-order valence-electron chi connectivity index (χ1n) is 4.91. The quantitative estimate of drug-likeness (QED) is 0.707. The molecule has 0 saturated heterocycles. The Balaban J connectivity index is 2.69. The molecule has 1 aliphatic carbocycles. The second-order valence-corrected chi connectivity index (χ2v) is 4.84. The molecule has 0 bridgehead atoms. The van der Waals surface area contributed by atoms with Gasteiger partial charge in [-0.15, -0.1) is 11.8 Å². The number of carbonyl (C=O) groups is 1. The van der Waals surface area contributed by atoms with E-state index < -0.39 is 0 Å². The van der Waals surface area contributed by atoms with Crippen LogP contribution >= 0.6 is 23.4 Å². The monoisotopic (exact) mass is 241 g/mol. The molecule has 1 aliphatic rings. The summed E-state index contributed by atoms with van der Waals surface area (Å²) < 4.78 is 0. The summed E-state index contributed by atoms with van der Waals surface area (Å²) in [6.07, 6.45) is 4.44. The molecule has 0 atom stereocenters. The maximum absolute atomic E-state index is 11.7. The van der Waals surface area contributed by atoms with E-state index in [9.17, 15) is 4.79 Å². The molecule has 1 aromatic rings. The van der Waals surface area contributed by atoms with Crippen molar-refractivity contribution in [1.82, 2.24) is 4.98 Å². The molecular weight excluding hydrogens is 230 g/mol. The zero-order valence-corrected chi connectivity index (χ0v) is 10.3. The van der Waals surface area contributed by atoms with Crippen LogP contribution in [0.5, 0.6) is 0 Å². The second-order valence-electron chi connectivity index (χ2n) is 3.65. The number of thioether (sulfide) groups is 1. The smallest absolute Gasteiger partial charge is 0.181 e. The summed E-state index contributed by atoms with van der Waals surface area (Å²) in [7, 11) is 0. The Labute approximate surface area is 98.4 Å². The molecule has 2 rings (SSSR count). The van der Waals surface area contributed by atoms with Gasteiger partial charge in [-0.2, -0.15) is 0 Å². The number of Topliss-reactive ketones (excluding diaryl/α,β-unsaturated/α-hetero) is 1. The van der Waals surface area contributed by atoms with Gasteiger partial charge in [0, 0.05) is 11.3 Å². The van der Waals surface area contributed by atoms with Crippen LogP contribution in [0.4, 0.5) is 0 Å². The van der Waals surface area contributed by atoms with E-state index in [1.165, 1.54) is 0 Å². The SMILES string of the molecule is CSc1c(Cl)c(C)nc2c1CCCC2=O. The third-order valence-electron chi connectivity index (χ3n) is 2.66. The van der Waals surface area contributed by atoms with Gasteiger partial charge in [0.05, 0.1) is 10.7 Å². The number of hydrogen-bond donors (Lipinski definition) is 0. The van der Waals surface area contributed by atoms with Crippen molar-refractivity contribution in [1.29, 1.82) is 0 Å². The Bertz CT molecular complexity index is 431. The first kappa shape index (κ1) is 11.0. The third kappa shape index (κ3) is 1.79. The first-order valence-corrected chi connectivity index (χ1v) is 6.51. The van der Waals surface area contributed by atoms with Crippen molar-refractivity contribution in [2.24, 2.45) is 0 Å². The summed E-state index contributed by atoms with van der Waals surface area (Å²) >= 11 is 7.79. The van der Waals surface area contributed by atoms with Crippen LogP contribution in [0.2, 0.25) is 5.02 Å². The molecular formula is C11H12ClNOS. The number of hydrogen-bond acceptors (Lipinski definition) is 3. The zero-order valence-electron chi connectivity index (χ0n) is 8.76. The van der Waals surface area contributed by atoms with Crippen LogP contribution in [0.25, 0.3) is 0 Å². The molecule has 0 radical (unpaired) electrons. The summed E-state index contributed by atoms with van der Waals surface area (Å²) in [6.45, 7) is 1.85. The summed E-state index contributed by atoms with van der Waals surface area (Å²) in [4.78, 5) is 17.0. The van der Waals surface area contributed by atoms with Crippen LogP contribution in [0.1, 0.15) is 34.6 Å². The maximum Gasteiger partial charge on any atom is 0.181 e. The van der Waals surface area contributed by atoms with E-state index in [0.717, 1.165) is 29.0 Å². The van der Waals surface area contributed by atoms with Gasteiger partial charge in [-0.1, -0.05) is 11.6 Å². The minimum absolute atomic E-state index is 0.159. The molecule has 4 heteroatoms. The Morgan fingerprint density at radius 2 is 2.13 bits per heavy atom. The van der Waals surface area contributed by atoms with Crippen LogP contribution in [0, 0.1) is 6.92 Å². The van der Waals surface area contributed by atoms with Crippen LogP contribution in [-0.4, -0.2) is 17.0 Å². The molecule has 0 spiro atoms. The van der Waals surface area contributed by atoms with Crippen molar-refractivity contribution in [3.63, 3.8) is 0 Å². The molecule has 2 nitrogen and oxygen atoms in total. The number of nitrogens with zero attached hydrogens (tertiary/aromatic N) is 1. The lowest BCUT2D eigenvalue weighted by atomic mass is 9.94. The summed E-state index contributed by atoms with van der Waals surface area (Å²) in [5, 5.41) is 0.705. The van der Waals surface area contributed by atoms with E-state index in [1.807, 2.05) is 13.2 Å². The number of aryl methyl sites for hydroxylation is 1. The molecule has 0 aromatic carbocycles. The molecule has 0 unspecified atom stereocenters. The van der Waals surface area contributed by atoms with Gasteiger partial charge >= 0.3 is 0 Å². The minimum Gasteiger partial charge on any atom is -0.292 e. The number of pyridine rings is 1. The number of carbonyl (C=O) groups excluding carboxylic acids is 1. The summed E-state index contributed by atoms with van der Waals surface area (Å²) in [6, 6.07) is 0.